The highest BCUT2D eigenvalue weighted by Gasteiger charge is 2.20. The SMILES string of the molecule is Cc1ccc(N(c2ccc(C)cc2)c2cccc(N(c3ccc(C)cc3)c3ccc(C)c(-c4ccc(N(c5ccccc5)c5cccc(-c6cccc(N(c7ccccc7)c7ccccc7)c6)c5)cc4)c3)c2)cc1. The molecule has 0 amide bonds. The Morgan fingerprint density at radius 2 is 0.459 bits per heavy atom. The van der Waals surface area contributed by atoms with Gasteiger partial charge in [0.15, 0.2) is 0 Å². The maximum atomic E-state index is 2.38. The fourth-order valence-electron chi connectivity index (χ4n) is 9.87. The van der Waals surface area contributed by atoms with E-state index in [0.29, 0.717) is 0 Å². The third kappa shape index (κ3) is 10.1. The van der Waals surface area contributed by atoms with Gasteiger partial charge in [-0.25, -0.2) is 0 Å². The number of anilines is 12. The number of hydrogen-bond acceptors (Lipinski definition) is 4. The van der Waals surface area contributed by atoms with Gasteiger partial charge >= 0.3 is 0 Å². The lowest BCUT2D eigenvalue weighted by Crippen LogP contribution is -2.13. The van der Waals surface area contributed by atoms with Gasteiger partial charge in [-0.15, -0.1) is 0 Å². The maximum Gasteiger partial charge on any atom is 0.0482 e. The molecule has 4 nitrogen and oxygen atoms in total. The lowest BCUT2D eigenvalue weighted by Gasteiger charge is -2.30. The van der Waals surface area contributed by atoms with Crippen LogP contribution in [0.15, 0.2) is 279 Å². The van der Waals surface area contributed by atoms with Crippen LogP contribution in [0, 0.1) is 27.7 Å². The smallest absolute Gasteiger partial charge is 0.0482 e. The predicted octanol–water partition coefficient (Wildman–Crippen LogP) is 20.1. The molecule has 0 saturated heterocycles. The third-order valence-corrected chi connectivity index (χ3v) is 13.7. The molecule has 0 aliphatic carbocycles. The van der Waals surface area contributed by atoms with Gasteiger partial charge in [-0.3, -0.25) is 0 Å². The summed E-state index contributed by atoms with van der Waals surface area (Å²) in [5, 5.41) is 0. The van der Waals surface area contributed by atoms with Crippen molar-refractivity contribution in [1.82, 2.24) is 0 Å². The summed E-state index contributed by atoms with van der Waals surface area (Å²) in [6.45, 7) is 8.62. The Labute approximate surface area is 437 Å². The second-order valence-electron chi connectivity index (χ2n) is 19.0. The van der Waals surface area contributed by atoms with Crippen LogP contribution < -0.4 is 19.6 Å². The molecule has 74 heavy (non-hydrogen) atoms. The molecule has 0 fully saturated rings. The molecule has 11 aromatic rings. The van der Waals surface area contributed by atoms with Crippen LogP contribution in [0.3, 0.4) is 0 Å². The van der Waals surface area contributed by atoms with Crippen molar-refractivity contribution in [3.05, 3.63) is 301 Å². The van der Waals surface area contributed by atoms with E-state index in [1.165, 1.54) is 27.8 Å². The van der Waals surface area contributed by atoms with Crippen molar-refractivity contribution in [2.24, 2.45) is 0 Å². The summed E-state index contributed by atoms with van der Waals surface area (Å²) in [4.78, 5) is 9.39. The van der Waals surface area contributed by atoms with Crippen LogP contribution in [0.2, 0.25) is 0 Å². The highest BCUT2D eigenvalue weighted by molar-refractivity contribution is 5.87. The Kier molecular flexibility index (Phi) is 13.4. The minimum atomic E-state index is 1.07. The van der Waals surface area contributed by atoms with E-state index < -0.39 is 0 Å². The molecule has 0 heterocycles. The van der Waals surface area contributed by atoms with E-state index in [9.17, 15) is 0 Å². The summed E-state index contributed by atoms with van der Waals surface area (Å²) in [5.41, 5.74) is 22.6. The van der Waals surface area contributed by atoms with Crippen LogP contribution in [-0.4, -0.2) is 0 Å². The van der Waals surface area contributed by atoms with Crippen molar-refractivity contribution < 1.29 is 0 Å². The first-order chi connectivity index (χ1) is 36.3. The molecule has 11 aromatic carbocycles. The first-order valence-corrected chi connectivity index (χ1v) is 25.4. The van der Waals surface area contributed by atoms with Gasteiger partial charge in [-0.1, -0.05) is 156 Å². The van der Waals surface area contributed by atoms with Crippen LogP contribution in [0.4, 0.5) is 68.2 Å². The molecule has 0 unspecified atom stereocenters. The molecule has 0 N–H and O–H groups in total. The molecule has 0 spiro atoms. The van der Waals surface area contributed by atoms with Crippen molar-refractivity contribution in [3.8, 4) is 22.3 Å². The molecule has 0 radical (unpaired) electrons. The van der Waals surface area contributed by atoms with Crippen molar-refractivity contribution >= 4 is 68.2 Å². The van der Waals surface area contributed by atoms with Crippen molar-refractivity contribution in [3.63, 3.8) is 0 Å². The molecule has 11 rings (SSSR count). The fourth-order valence-corrected chi connectivity index (χ4v) is 9.87. The zero-order valence-electron chi connectivity index (χ0n) is 42.3. The highest BCUT2D eigenvalue weighted by atomic mass is 15.2. The lowest BCUT2D eigenvalue weighted by atomic mass is 9.98. The average Bonchev–Trinajstić information content (AvgIpc) is 3.45. The van der Waals surface area contributed by atoms with Crippen LogP contribution in [0.5, 0.6) is 0 Å². The minimum Gasteiger partial charge on any atom is -0.310 e. The van der Waals surface area contributed by atoms with E-state index >= 15 is 0 Å². The summed E-state index contributed by atoms with van der Waals surface area (Å²) >= 11 is 0. The van der Waals surface area contributed by atoms with Crippen LogP contribution in [0.25, 0.3) is 22.3 Å². The second-order valence-corrected chi connectivity index (χ2v) is 19.0. The molecule has 0 aliphatic rings. The van der Waals surface area contributed by atoms with Crippen molar-refractivity contribution in [1.29, 1.82) is 0 Å². The Balaban J connectivity index is 0.946. The van der Waals surface area contributed by atoms with Gasteiger partial charge in [0.25, 0.3) is 0 Å². The van der Waals surface area contributed by atoms with Gasteiger partial charge in [0.1, 0.15) is 0 Å². The fraction of sp³-hybridized carbons (Fsp3) is 0.0571. The quantitative estimate of drug-likeness (QED) is 0.108. The van der Waals surface area contributed by atoms with E-state index in [0.717, 1.165) is 84.9 Å². The maximum absolute atomic E-state index is 2.38. The minimum absolute atomic E-state index is 1.07. The molecular formula is C70H58N4. The first-order valence-electron chi connectivity index (χ1n) is 25.4. The summed E-state index contributed by atoms with van der Waals surface area (Å²) in [6.07, 6.45) is 0. The Morgan fingerprint density at radius 1 is 0.189 bits per heavy atom. The van der Waals surface area contributed by atoms with Crippen LogP contribution in [0.1, 0.15) is 22.3 Å². The normalized spacial score (nSPS) is 11.0. The molecule has 0 aliphatic heterocycles. The molecule has 0 aromatic heterocycles. The van der Waals surface area contributed by atoms with Crippen LogP contribution >= 0.6 is 0 Å². The monoisotopic (exact) mass is 954 g/mol. The van der Waals surface area contributed by atoms with E-state index in [-0.39, 0.29) is 0 Å². The zero-order chi connectivity index (χ0) is 50.4. The highest BCUT2D eigenvalue weighted by Crippen LogP contribution is 2.44. The van der Waals surface area contributed by atoms with Gasteiger partial charge in [0.05, 0.1) is 0 Å². The molecule has 0 saturated carbocycles. The molecular weight excluding hydrogens is 897 g/mol. The van der Waals surface area contributed by atoms with Gasteiger partial charge in [0.2, 0.25) is 0 Å². The molecule has 0 bridgehead atoms. The Hall–Kier alpha value is -9.38. The summed E-state index contributed by atoms with van der Waals surface area (Å²) in [7, 11) is 0. The number of rotatable bonds is 14. The van der Waals surface area contributed by atoms with E-state index in [4.69, 9.17) is 0 Å². The average molecular weight is 955 g/mol. The lowest BCUT2D eigenvalue weighted by molar-refractivity contribution is 1.24. The van der Waals surface area contributed by atoms with E-state index in [2.05, 4.69) is 326 Å². The Bertz CT molecular complexity index is 3550. The van der Waals surface area contributed by atoms with Crippen LogP contribution in [-0.2, 0) is 0 Å². The predicted molar refractivity (Wildman–Crippen MR) is 315 cm³/mol. The van der Waals surface area contributed by atoms with Gasteiger partial charge < -0.3 is 19.6 Å². The number of para-hydroxylation sites is 3. The summed E-state index contributed by atoms with van der Waals surface area (Å²) in [5.74, 6) is 0. The standard InChI is InChI=1S/C70H58N4/c1-51-29-38-61(39-30-51)73(62-40-31-52(2)32-41-62)67-27-16-28-68(49-67)74(63-42-33-53(3)34-43-63)69-44-35-54(4)70(50-69)55-36-45-64(46-37-55)72(60-23-12-7-13-24-60)66-26-15-18-57(48-66)56-17-14-25-65(47-56)71(58-19-8-5-9-20-58)59-21-10-6-11-22-59/h5-50H,1-4H3. The number of aryl methyl sites for hydroxylation is 4. The second kappa shape index (κ2) is 21.1. The topological polar surface area (TPSA) is 13.0 Å². The first kappa shape index (κ1) is 47.0. The van der Waals surface area contributed by atoms with E-state index in [1.54, 1.807) is 0 Å². The zero-order valence-corrected chi connectivity index (χ0v) is 42.3. The third-order valence-electron chi connectivity index (χ3n) is 13.7. The Morgan fingerprint density at radius 3 is 0.838 bits per heavy atom. The summed E-state index contributed by atoms with van der Waals surface area (Å²) < 4.78 is 0. The summed E-state index contributed by atoms with van der Waals surface area (Å²) in [6, 6.07) is 101. The number of nitrogens with zero attached hydrogens (tertiary/aromatic N) is 4. The number of benzene rings is 11. The largest absolute Gasteiger partial charge is 0.310 e. The van der Waals surface area contributed by atoms with Gasteiger partial charge in [-0.05, 0) is 195 Å². The number of hydrogen-bond donors (Lipinski definition) is 0. The van der Waals surface area contributed by atoms with Gasteiger partial charge in [-0.2, -0.15) is 0 Å². The van der Waals surface area contributed by atoms with Crippen molar-refractivity contribution in [2.45, 2.75) is 27.7 Å². The molecule has 4 heteroatoms. The molecule has 0 atom stereocenters. The molecule has 358 valence electrons. The van der Waals surface area contributed by atoms with Gasteiger partial charge in [0, 0.05) is 68.2 Å². The van der Waals surface area contributed by atoms with Crippen molar-refractivity contribution in [2.75, 3.05) is 19.6 Å². The van der Waals surface area contributed by atoms with E-state index in [1.807, 2.05) is 0 Å².